The summed E-state index contributed by atoms with van der Waals surface area (Å²) in [6.07, 6.45) is 7.14. The molecule has 1 saturated carbocycles. The first kappa shape index (κ1) is 21.0. The zero-order chi connectivity index (χ0) is 23.4. The summed E-state index contributed by atoms with van der Waals surface area (Å²) < 4.78 is 6.43. The van der Waals surface area contributed by atoms with Crippen LogP contribution < -0.4 is 4.74 Å². The van der Waals surface area contributed by atoms with Crippen molar-refractivity contribution < 1.29 is 9.84 Å². The number of aromatic nitrogens is 4. The van der Waals surface area contributed by atoms with Gasteiger partial charge in [0, 0.05) is 22.3 Å². The molecule has 6 rings (SSSR count). The Balaban J connectivity index is 1.57. The third kappa shape index (κ3) is 3.08. The predicted octanol–water partition coefficient (Wildman–Crippen LogP) is 5.21. The molecule has 3 aliphatic carbocycles. The van der Waals surface area contributed by atoms with E-state index >= 15 is 0 Å². The smallest absolute Gasteiger partial charge is 0.220 e. The number of nitriles is 1. The van der Waals surface area contributed by atoms with Crippen LogP contribution in [0, 0.1) is 23.2 Å². The molecule has 7 nitrogen and oxygen atoms in total. The SMILES string of the molecule is C[C@H]1C(O)=C(C#N)C[C@@]2(C)c3nc(-c4ncnc5ccccc45)nc(OC4CCC4)c3CC[C@H]12. The molecule has 1 N–H and O–H groups in total. The van der Waals surface area contributed by atoms with Gasteiger partial charge in [-0.1, -0.05) is 32.0 Å². The lowest BCUT2D eigenvalue weighted by molar-refractivity contribution is 0.106. The van der Waals surface area contributed by atoms with Gasteiger partial charge in [0.15, 0.2) is 5.82 Å². The van der Waals surface area contributed by atoms with Crippen molar-refractivity contribution in [3.63, 3.8) is 0 Å². The van der Waals surface area contributed by atoms with E-state index in [1.165, 1.54) is 6.42 Å². The summed E-state index contributed by atoms with van der Waals surface area (Å²) in [6.45, 7) is 4.20. The fourth-order valence-corrected chi connectivity index (χ4v) is 6.02. The summed E-state index contributed by atoms with van der Waals surface area (Å²) in [5.74, 6) is 1.49. The van der Waals surface area contributed by atoms with Crippen molar-refractivity contribution in [3.05, 3.63) is 53.2 Å². The predicted molar refractivity (Wildman–Crippen MR) is 127 cm³/mol. The van der Waals surface area contributed by atoms with Crippen LogP contribution in [0.4, 0.5) is 0 Å². The van der Waals surface area contributed by atoms with Gasteiger partial charge in [0.05, 0.1) is 22.9 Å². The summed E-state index contributed by atoms with van der Waals surface area (Å²) in [7, 11) is 0. The third-order valence-electron chi connectivity index (χ3n) is 8.14. The molecule has 34 heavy (non-hydrogen) atoms. The summed E-state index contributed by atoms with van der Waals surface area (Å²) in [5, 5.41) is 21.3. The van der Waals surface area contributed by atoms with Gasteiger partial charge >= 0.3 is 0 Å². The normalized spacial score (nSPS) is 26.4. The summed E-state index contributed by atoms with van der Waals surface area (Å²) in [4.78, 5) is 19.0. The van der Waals surface area contributed by atoms with E-state index in [0.717, 1.165) is 47.8 Å². The zero-order valence-corrected chi connectivity index (χ0v) is 19.5. The molecule has 2 heterocycles. The second-order valence-electron chi connectivity index (χ2n) is 10.1. The number of fused-ring (bicyclic) bond motifs is 4. The van der Waals surface area contributed by atoms with E-state index in [1.54, 1.807) is 6.33 Å². The minimum atomic E-state index is -0.400. The zero-order valence-electron chi connectivity index (χ0n) is 19.5. The van der Waals surface area contributed by atoms with Crippen LogP contribution in [0.3, 0.4) is 0 Å². The lowest BCUT2D eigenvalue weighted by Gasteiger charge is -2.48. The van der Waals surface area contributed by atoms with Crippen LogP contribution in [-0.2, 0) is 11.8 Å². The highest BCUT2D eigenvalue weighted by molar-refractivity contribution is 5.90. The number of rotatable bonds is 3. The lowest BCUT2D eigenvalue weighted by atomic mass is 9.57. The van der Waals surface area contributed by atoms with Crippen molar-refractivity contribution in [3.8, 4) is 23.5 Å². The highest BCUT2D eigenvalue weighted by atomic mass is 16.5. The van der Waals surface area contributed by atoms with E-state index in [9.17, 15) is 10.4 Å². The van der Waals surface area contributed by atoms with Gasteiger partial charge in [0.25, 0.3) is 0 Å². The van der Waals surface area contributed by atoms with Crippen molar-refractivity contribution in [2.45, 2.75) is 63.9 Å². The Morgan fingerprint density at radius 3 is 2.74 bits per heavy atom. The molecule has 172 valence electrons. The van der Waals surface area contributed by atoms with Gasteiger partial charge in [0.1, 0.15) is 23.9 Å². The number of para-hydroxylation sites is 1. The fourth-order valence-electron chi connectivity index (χ4n) is 6.02. The van der Waals surface area contributed by atoms with Crippen molar-refractivity contribution in [1.29, 1.82) is 5.26 Å². The Kier molecular flexibility index (Phi) is 4.80. The molecule has 0 radical (unpaired) electrons. The average Bonchev–Trinajstić information content (AvgIpc) is 2.83. The Morgan fingerprint density at radius 1 is 1.15 bits per heavy atom. The van der Waals surface area contributed by atoms with E-state index < -0.39 is 5.41 Å². The number of aliphatic hydroxyl groups excluding tert-OH is 1. The molecular weight excluding hydrogens is 426 g/mol. The first-order valence-electron chi connectivity index (χ1n) is 12.1. The minimum absolute atomic E-state index is 0.101. The number of hydrogen-bond acceptors (Lipinski definition) is 7. The van der Waals surface area contributed by atoms with Gasteiger partial charge in [-0.3, -0.25) is 0 Å². The Labute approximate surface area is 198 Å². The quantitative estimate of drug-likeness (QED) is 0.580. The van der Waals surface area contributed by atoms with E-state index in [4.69, 9.17) is 14.7 Å². The van der Waals surface area contributed by atoms with Crippen LogP contribution in [-0.4, -0.2) is 31.1 Å². The molecule has 0 unspecified atom stereocenters. The maximum Gasteiger partial charge on any atom is 0.220 e. The van der Waals surface area contributed by atoms with Gasteiger partial charge in [-0.2, -0.15) is 10.2 Å². The van der Waals surface area contributed by atoms with Gasteiger partial charge < -0.3 is 9.84 Å². The van der Waals surface area contributed by atoms with Crippen LogP contribution in [0.5, 0.6) is 5.88 Å². The van der Waals surface area contributed by atoms with Crippen molar-refractivity contribution in [2.75, 3.05) is 0 Å². The molecule has 0 spiro atoms. The fraction of sp³-hybridized carbons (Fsp3) is 0.444. The Hall–Kier alpha value is -3.53. The van der Waals surface area contributed by atoms with Crippen molar-refractivity contribution in [1.82, 2.24) is 19.9 Å². The molecule has 0 aliphatic heterocycles. The highest BCUT2D eigenvalue weighted by Gasteiger charge is 2.50. The topological polar surface area (TPSA) is 105 Å². The van der Waals surface area contributed by atoms with E-state index in [0.29, 0.717) is 29.4 Å². The number of benzene rings is 1. The number of aliphatic hydroxyl groups is 1. The molecule has 1 fully saturated rings. The Bertz CT molecular complexity index is 1370. The van der Waals surface area contributed by atoms with E-state index in [-0.39, 0.29) is 23.7 Å². The standard InChI is InChI=1S/C27H27N5O2/c1-15-20-11-10-19-24(27(20,2)12-16(13-28)23(15)33)31-25(32-26(19)34-17-6-5-7-17)22-18-8-3-4-9-21(18)29-14-30-22/h3-4,8-9,14-15,17,20,33H,5-7,10-12H2,1-2H3/t15-,20-,27-/m1/s1. The molecule has 2 aromatic heterocycles. The molecular formula is C27H27N5O2. The van der Waals surface area contributed by atoms with Crippen LogP contribution >= 0.6 is 0 Å². The molecule has 3 atom stereocenters. The largest absolute Gasteiger partial charge is 0.511 e. The van der Waals surface area contributed by atoms with Gasteiger partial charge in [-0.15, -0.1) is 0 Å². The third-order valence-corrected chi connectivity index (χ3v) is 8.14. The minimum Gasteiger partial charge on any atom is -0.511 e. The van der Waals surface area contributed by atoms with Crippen LogP contribution in [0.15, 0.2) is 41.9 Å². The van der Waals surface area contributed by atoms with Crippen molar-refractivity contribution in [2.24, 2.45) is 11.8 Å². The van der Waals surface area contributed by atoms with E-state index in [1.807, 2.05) is 31.2 Å². The second kappa shape index (κ2) is 7.76. The lowest BCUT2D eigenvalue weighted by Crippen LogP contribution is -2.45. The molecule has 0 amide bonds. The first-order chi connectivity index (χ1) is 16.5. The molecule has 7 heteroatoms. The molecule has 3 aromatic rings. The van der Waals surface area contributed by atoms with Crippen LogP contribution in [0.25, 0.3) is 22.4 Å². The Morgan fingerprint density at radius 2 is 1.97 bits per heavy atom. The number of hydrogen-bond donors (Lipinski definition) is 1. The van der Waals surface area contributed by atoms with Gasteiger partial charge in [0.2, 0.25) is 5.88 Å². The highest BCUT2D eigenvalue weighted by Crippen LogP contribution is 2.54. The number of ether oxygens (including phenoxy) is 1. The first-order valence-corrected chi connectivity index (χ1v) is 12.1. The summed E-state index contributed by atoms with van der Waals surface area (Å²) in [5.41, 5.74) is 3.54. The number of allylic oxidation sites excluding steroid dienone is 2. The van der Waals surface area contributed by atoms with Crippen molar-refractivity contribution >= 4 is 10.9 Å². The van der Waals surface area contributed by atoms with Gasteiger partial charge in [-0.05, 0) is 50.5 Å². The van der Waals surface area contributed by atoms with Crippen LogP contribution in [0.1, 0.15) is 57.2 Å². The monoisotopic (exact) mass is 453 g/mol. The maximum absolute atomic E-state index is 10.7. The van der Waals surface area contributed by atoms with Gasteiger partial charge in [-0.25, -0.2) is 15.0 Å². The summed E-state index contributed by atoms with van der Waals surface area (Å²) >= 11 is 0. The van der Waals surface area contributed by atoms with Crippen LogP contribution in [0.2, 0.25) is 0 Å². The average molecular weight is 454 g/mol. The summed E-state index contributed by atoms with van der Waals surface area (Å²) in [6, 6.07) is 10.1. The number of nitrogens with zero attached hydrogens (tertiary/aromatic N) is 5. The molecule has 0 saturated heterocycles. The maximum atomic E-state index is 10.7. The molecule has 1 aromatic carbocycles. The molecule has 3 aliphatic rings. The molecule has 0 bridgehead atoms. The second-order valence-corrected chi connectivity index (χ2v) is 10.1. The van der Waals surface area contributed by atoms with E-state index in [2.05, 4.69) is 23.0 Å².